The highest BCUT2D eigenvalue weighted by Gasteiger charge is 2.11. The average molecular weight is 164 g/mol. The highest BCUT2D eigenvalue weighted by atomic mass is 32.2. The molecule has 60 valence electrons. The van der Waals surface area contributed by atoms with Crippen LogP contribution >= 0.6 is 11.8 Å². The van der Waals surface area contributed by atoms with Gasteiger partial charge in [-0.2, -0.15) is 11.8 Å². The number of aliphatic hydroxyl groups excluding tert-OH is 2. The number of Topliss-reactive ketones (excluding diaryl/α,β-unsaturated/α-hetero) is 1. The van der Waals surface area contributed by atoms with E-state index < -0.39 is 12.7 Å². The molecule has 1 unspecified atom stereocenters. The van der Waals surface area contributed by atoms with Crippen molar-refractivity contribution in [1.29, 1.82) is 0 Å². The lowest BCUT2D eigenvalue weighted by atomic mass is 10.2. The van der Waals surface area contributed by atoms with Gasteiger partial charge in [-0.25, -0.2) is 0 Å². The maximum absolute atomic E-state index is 10.7. The summed E-state index contributed by atoms with van der Waals surface area (Å²) in [5, 5.41) is 17.1. The molecular weight excluding hydrogens is 152 g/mol. The Labute approximate surface area is 64.4 Å². The number of thioether (sulfide) groups is 1. The topological polar surface area (TPSA) is 57.5 Å². The molecule has 0 radical (unpaired) electrons. The van der Waals surface area contributed by atoms with Crippen LogP contribution in [0.1, 0.15) is 6.42 Å². The smallest absolute Gasteiger partial charge is 0.164 e. The first-order valence-corrected chi connectivity index (χ1v) is 4.42. The molecule has 0 aromatic carbocycles. The Morgan fingerprint density at radius 3 is 2.70 bits per heavy atom. The molecule has 0 aliphatic heterocycles. The number of hydrogen-bond acceptors (Lipinski definition) is 4. The Balaban J connectivity index is 3.42. The Kier molecular flexibility index (Phi) is 5.67. The van der Waals surface area contributed by atoms with E-state index in [-0.39, 0.29) is 5.78 Å². The average Bonchev–Trinajstić information content (AvgIpc) is 1.98. The SMILES string of the molecule is CSCCC(=O)C(O)CO. The van der Waals surface area contributed by atoms with Gasteiger partial charge in [0.2, 0.25) is 0 Å². The van der Waals surface area contributed by atoms with E-state index in [1.807, 2.05) is 6.26 Å². The van der Waals surface area contributed by atoms with Crippen molar-refractivity contribution in [2.75, 3.05) is 18.6 Å². The molecule has 0 saturated carbocycles. The second-order valence-electron chi connectivity index (χ2n) is 1.91. The van der Waals surface area contributed by atoms with Gasteiger partial charge in [0.1, 0.15) is 6.10 Å². The number of ketones is 1. The third-order valence-corrected chi connectivity index (χ3v) is 1.71. The van der Waals surface area contributed by atoms with Crippen molar-refractivity contribution in [3.8, 4) is 0 Å². The minimum absolute atomic E-state index is 0.281. The maximum Gasteiger partial charge on any atom is 0.164 e. The van der Waals surface area contributed by atoms with Gasteiger partial charge in [-0.15, -0.1) is 0 Å². The molecule has 0 aromatic rings. The molecule has 0 spiro atoms. The summed E-state index contributed by atoms with van der Waals surface area (Å²) in [6.07, 6.45) is 1.05. The predicted octanol–water partition coefficient (Wildman–Crippen LogP) is -0.338. The first kappa shape index (κ1) is 9.94. The molecule has 0 fully saturated rings. The minimum Gasteiger partial charge on any atom is -0.393 e. The van der Waals surface area contributed by atoms with Gasteiger partial charge in [0.15, 0.2) is 5.78 Å². The van der Waals surface area contributed by atoms with E-state index in [4.69, 9.17) is 10.2 Å². The molecule has 0 amide bonds. The molecule has 0 bridgehead atoms. The third kappa shape index (κ3) is 3.87. The van der Waals surface area contributed by atoms with Gasteiger partial charge < -0.3 is 10.2 Å². The summed E-state index contributed by atoms with van der Waals surface area (Å²) in [4.78, 5) is 10.7. The molecule has 2 N–H and O–H groups in total. The van der Waals surface area contributed by atoms with E-state index >= 15 is 0 Å². The Morgan fingerprint density at radius 2 is 2.30 bits per heavy atom. The fraction of sp³-hybridized carbons (Fsp3) is 0.833. The monoisotopic (exact) mass is 164 g/mol. The summed E-state index contributed by atoms with van der Waals surface area (Å²) >= 11 is 1.54. The van der Waals surface area contributed by atoms with Crippen LogP contribution in [0.4, 0.5) is 0 Å². The molecule has 0 heterocycles. The van der Waals surface area contributed by atoms with Crippen LogP contribution in [-0.2, 0) is 4.79 Å². The van der Waals surface area contributed by atoms with Gasteiger partial charge in [-0.1, -0.05) is 0 Å². The van der Waals surface area contributed by atoms with Crippen LogP contribution in [0.5, 0.6) is 0 Å². The second kappa shape index (κ2) is 5.70. The van der Waals surface area contributed by atoms with Crippen molar-refractivity contribution in [2.24, 2.45) is 0 Å². The van der Waals surface area contributed by atoms with Crippen molar-refractivity contribution >= 4 is 17.5 Å². The number of carbonyl (C=O) groups excluding carboxylic acids is 1. The van der Waals surface area contributed by atoms with Crippen molar-refractivity contribution in [2.45, 2.75) is 12.5 Å². The molecule has 0 aliphatic rings. The second-order valence-corrected chi connectivity index (χ2v) is 2.89. The van der Waals surface area contributed by atoms with Crippen LogP contribution in [0.3, 0.4) is 0 Å². The lowest BCUT2D eigenvalue weighted by molar-refractivity contribution is -0.128. The first-order valence-electron chi connectivity index (χ1n) is 3.03. The van der Waals surface area contributed by atoms with Crippen molar-refractivity contribution < 1.29 is 15.0 Å². The normalized spacial score (nSPS) is 13.1. The van der Waals surface area contributed by atoms with Crippen molar-refractivity contribution in [3.63, 3.8) is 0 Å². The molecule has 0 aliphatic carbocycles. The largest absolute Gasteiger partial charge is 0.393 e. The fourth-order valence-electron chi connectivity index (χ4n) is 0.471. The van der Waals surface area contributed by atoms with Gasteiger partial charge >= 0.3 is 0 Å². The highest BCUT2D eigenvalue weighted by molar-refractivity contribution is 7.98. The standard InChI is InChI=1S/C6H12O3S/c1-10-3-2-5(8)6(9)4-7/h6-7,9H,2-4H2,1H3. The van der Waals surface area contributed by atoms with E-state index in [1.54, 1.807) is 11.8 Å². The first-order chi connectivity index (χ1) is 4.72. The zero-order chi connectivity index (χ0) is 7.98. The van der Waals surface area contributed by atoms with E-state index in [9.17, 15) is 4.79 Å². The van der Waals surface area contributed by atoms with Gasteiger partial charge in [0, 0.05) is 6.42 Å². The number of carbonyl (C=O) groups is 1. The molecule has 3 nitrogen and oxygen atoms in total. The summed E-state index contributed by atoms with van der Waals surface area (Å²) in [6, 6.07) is 0. The molecule has 10 heavy (non-hydrogen) atoms. The van der Waals surface area contributed by atoms with E-state index in [0.717, 1.165) is 0 Å². The predicted molar refractivity (Wildman–Crippen MR) is 41.1 cm³/mol. The maximum atomic E-state index is 10.7. The van der Waals surface area contributed by atoms with Crippen LogP contribution in [0, 0.1) is 0 Å². The minimum atomic E-state index is -1.17. The molecule has 0 saturated heterocycles. The van der Waals surface area contributed by atoms with Crippen molar-refractivity contribution in [3.05, 3.63) is 0 Å². The van der Waals surface area contributed by atoms with E-state index in [0.29, 0.717) is 12.2 Å². The summed E-state index contributed by atoms with van der Waals surface area (Å²) in [7, 11) is 0. The summed E-state index contributed by atoms with van der Waals surface area (Å²) in [5.74, 6) is 0.424. The molecular formula is C6H12O3S. The molecule has 0 rings (SSSR count). The summed E-state index contributed by atoms with van der Waals surface area (Å²) in [6.45, 7) is -0.465. The van der Waals surface area contributed by atoms with Crippen LogP contribution < -0.4 is 0 Å². The summed E-state index contributed by atoms with van der Waals surface area (Å²) in [5.41, 5.74) is 0. The fourth-order valence-corrected chi connectivity index (χ4v) is 0.876. The van der Waals surface area contributed by atoms with Crippen LogP contribution in [0.15, 0.2) is 0 Å². The molecule has 4 heteroatoms. The van der Waals surface area contributed by atoms with Crippen LogP contribution in [0.2, 0.25) is 0 Å². The van der Waals surface area contributed by atoms with Gasteiger partial charge in [-0.05, 0) is 12.0 Å². The molecule has 1 atom stereocenters. The van der Waals surface area contributed by atoms with E-state index in [1.165, 1.54) is 0 Å². The van der Waals surface area contributed by atoms with Crippen molar-refractivity contribution in [1.82, 2.24) is 0 Å². The summed E-state index contributed by atoms with van der Waals surface area (Å²) < 4.78 is 0. The third-order valence-electron chi connectivity index (χ3n) is 1.10. The number of aliphatic hydroxyl groups is 2. The van der Waals surface area contributed by atoms with Crippen LogP contribution in [0.25, 0.3) is 0 Å². The van der Waals surface area contributed by atoms with E-state index in [2.05, 4.69) is 0 Å². The quantitative estimate of drug-likeness (QED) is 0.583. The Bertz CT molecular complexity index is 105. The molecule has 0 aromatic heterocycles. The highest BCUT2D eigenvalue weighted by Crippen LogP contribution is 1.98. The lowest BCUT2D eigenvalue weighted by Gasteiger charge is -2.03. The van der Waals surface area contributed by atoms with Gasteiger partial charge in [0.25, 0.3) is 0 Å². The zero-order valence-corrected chi connectivity index (χ0v) is 6.73. The van der Waals surface area contributed by atoms with Crippen LogP contribution in [-0.4, -0.2) is 40.7 Å². The van der Waals surface area contributed by atoms with Gasteiger partial charge in [0.05, 0.1) is 6.61 Å². The number of hydrogen-bond donors (Lipinski definition) is 2. The van der Waals surface area contributed by atoms with Gasteiger partial charge in [-0.3, -0.25) is 4.79 Å². The Morgan fingerprint density at radius 1 is 1.70 bits per heavy atom. The zero-order valence-electron chi connectivity index (χ0n) is 5.91. The number of rotatable bonds is 5. The lowest BCUT2D eigenvalue weighted by Crippen LogP contribution is -2.24. The Hall–Kier alpha value is -0.0600.